The lowest BCUT2D eigenvalue weighted by Gasteiger charge is -2.24. The van der Waals surface area contributed by atoms with Gasteiger partial charge < -0.3 is 9.64 Å². The average Bonchev–Trinajstić information content (AvgIpc) is 3.26. The molecule has 3 aromatic rings. The number of amides is 1. The summed E-state index contributed by atoms with van der Waals surface area (Å²) >= 11 is 0. The molecule has 1 saturated heterocycles. The first-order valence-electron chi connectivity index (χ1n) is 9.98. The Kier molecular flexibility index (Phi) is 5.61. The molecule has 0 unspecified atom stereocenters. The molecule has 4 rings (SSSR count). The molecule has 7 nitrogen and oxygen atoms in total. The number of carbonyl (C=O) groups is 1. The molecule has 1 aromatic carbocycles. The van der Waals surface area contributed by atoms with Crippen molar-refractivity contribution in [1.29, 1.82) is 0 Å². The second-order valence-electron chi connectivity index (χ2n) is 7.45. The zero-order chi connectivity index (χ0) is 21.1. The summed E-state index contributed by atoms with van der Waals surface area (Å²) in [6, 6.07) is 14.9. The largest absolute Gasteiger partial charge is 0.497 e. The zero-order valence-electron chi connectivity index (χ0n) is 17.1. The molecular formula is C23H24N4O3. The minimum atomic E-state index is -0.237. The van der Waals surface area contributed by atoms with Crippen LogP contribution >= 0.6 is 0 Å². The Morgan fingerprint density at radius 3 is 2.53 bits per heavy atom. The molecule has 3 heterocycles. The first-order chi connectivity index (χ1) is 14.5. The van der Waals surface area contributed by atoms with Gasteiger partial charge in [0, 0.05) is 25.9 Å². The molecule has 1 atom stereocenters. The van der Waals surface area contributed by atoms with E-state index in [1.807, 2.05) is 36.5 Å². The molecule has 2 aromatic heterocycles. The third-order valence-corrected chi connectivity index (χ3v) is 5.45. The molecular weight excluding hydrogens is 380 g/mol. The van der Waals surface area contributed by atoms with Crippen molar-refractivity contribution in [1.82, 2.24) is 19.7 Å². The van der Waals surface area contributed by atoms with Crippen LogP contribution in [0.2, 0.25) is 0 Å². The highest BCUT2D eigenvalue weighted by Crippen LogP contribution is 2.32. The highest BCUT2D eigenvalue weighted by molar-refractivity contribution is 5.92. The molecule has 30 heavy (non-hydrogen) atoms. The third-order valence-electron chi connectivity index (χ3n) is 5.45. The van der Waals surface area contributed by atoms with Crippen LogP contribution in [-0.2, 0) is 13.5 Å². The van der Waals surface area contributed by atoms with Crippen LogP contribution < -0.4 is 10.3 Å². The Balaban J connectivity index is 1.49. The summed E-state index contributed by atoms with van der Waals surface area (Å²) < 4.78 is 6.38. The van der Waals surface area contributed by atoms with E-state index in [1.165, 1.54) is 22.4 Å². The maximum Gasteiger partial charge on any atom is 0.274 e. The SMILES string of the molecule is COc1ccc(Cc2ccc([C@@H]3CCCN3C(=O)c3ccc(=O)n(C)n3)nc2)cc1. The van der Waals surface area contributed by atoms with Crippen molar-refractivity contribution in [2.24, 2.45) is 7.05 Å². The fourth-order valence-electron chi connectivity index (χ4n) is 3.80. The lowest BCUT2D eigenvalue weighted by molar-refractivity contribution is 0.0724. The van der Waals surface area contributed by atoms with Gasteiger partial charge in [0.05, 0.1) is 18.8 Å². The molecule has 1 amide bonds. The smallest absolute Gasteiger partial charge is 0.274 e. The molecule has 1 aliphatic heterocycles. The predicted octanol–water partition coefficient (Wildman–Crippen LogP) is 2.75. The normalized spacial score (nSPS) is 15.9. The van der Waals surface area contributed by atoms with E-state index in [-0.39, 0.29) is 23.2 Å². The van der Waals surface area contributed by atoms with Crippen LogP contribution in [-0.4, -0.2) is 39.2 Å². The molecule has 1 fully saturated rings. The minimum Gasteiger partial charge on any atom is -0.497 e. The van der Waals surface area contributed by atoms with Crippen molar-refractivity contribution in [3.8, 4) is 5.75 Å². The van der Waals surface area contributed by atoms with E-state index in [2.05, 4.69) is 16.1 Å². The fraction of sp³-hybridized carbons (Fsp3) is 0.304. The minimum absolute atomic E-state index is 0.0772. The van der Waals surface area contributed by atoms with Crippen molar-refractivity contribution in [2.75, 3.05) is 13.7 Å². The van der Waals surface area contributed by atoms with Crippen molar-refractivity contribution in [3.63, 3.8) is 0 Å². The van der Waals surface area contributed by atoms with E-state index in [0.717, 1.165) is 36.3 Å². The van der Waals surface area contributed by atoms with Gasteiger partial charge in [-0.2, -0.15) is 5.10 Å². The first-order valence-corrected chi connectivity index (χ1v) is 9.98. The van der Waals surface area contributed by atoms with Gasteiger partial charge in [-0.25, -0.2) is 4.68 Å². The first kappa shape index (κ1) is 19.8. The summed E-state index contributed by atoms with van der Waals surface area (Å²) in [4.78, 5) is 31.0. The molecule has 0 N–H and O–H groups in total. The number of ether oxygens (including phenoxy) is 1. The molecule has 0 radical (unpaired) electrons. The lowest BCUT2D eigenvalue weighted by Crippen LogP contribution is -2.33. The quantitative estimate of drug-likeness (QED) is 0.654. The Hall–Kier alpha value is -3.48. The van der Waals surface area contributed by atoms with Gasteiger partial charge in [0.2, 0.25) is 0 Å². The fourth-order valence-corrected chi connectivity index (χ4v) is 3.80. The number of pyridine rings is 1. The van der Waals surface area contributed by atoms with Gasteiger partial charge in [0.15, 0.2) is 0 Å². The van der Waals surface area contributed by atoms with Crippen LogP contribution in [0.1, 0.15) is 46.2 Å². The average molecular weight is 404 g/mol. The summed E-state index contributed by atoms with van der Waals surface area (Å²) in [5.74, 6) is 0.670. The summed E-state index contributed by atoms with van der Waals surface area (Å²) in [6.45, 7) is 0.656. The van der Waals surface area contributed by atoms with Gasteiger partial charge in [0.1, 0.15) is 11.4 Å². The number of hydrogen-bond acceptors (Lipinski definition) is 5. The van der Waals surface area contributed by atoms with Gasteiger partial charge in [-0.05, 0) is 54.7 Å². The second-order valence-corrected chi connectivity index (χ2v) is 7.45. The monoisotopic (exact) mass is 404 g/mol. The van der Waals surface area contributed by atoms with Crippen molar-refractivity contribution in [2.45, 2.75) is 25.3 Å². The standard InChI is InChI=1S/C23H24N4O3/c1-26-22(28)12-11-20(25-26)23(29)27-13-3-4-21(27)19-10-7-17(15-24-19)14-16-5-8-18(30-2)9-6-16/h5-12,15,21H,3-4,13-14H2,1-2H3/t21-/m0/s1. The number of aromatic nitrogens is 3. The van der Waals surface area contributed by atoms with Crippen molar-refractivity contribution < 1.29 is 9.53 Å². The number of aryl methyl sites for hydroxylation is 1. The Bertz CT molecular complexity index is 1090. The van der Waals surface area contributed by atoms with E-state index in [1.54, 1.807) is 19.1 Å². The maximum absolute atomic E-state index is 13.0. The van der Waals surface area contributed by atoms with E-state index in [4.69, 9.17) is 4.74 Å². The van der Waals surface area contributed by atoms with Crippen molar-refractivity contribution in [3.05, 3.63) is 87.6 Å². The van der Waals surface area contributed by atoms with Gasteiger partial charge in [-0.1, -0.05) is 18.2 Å². The molecule has 0 bridgehead atoms. The number of methoxy groups -OCH3 is 1. The number of carbonyl (C=O) groups excluding carboxylic acids is 1. The number of likely N-dealkylation sites (tertiary alicyclic amines) is 1. The Morgan fingerprint density at radius 1 is 1.10 bits per heavy atom. The lowest BCUT2D eigenvalue weighted by atomic mass is 10.0. The summed E-state index contributed by atoms with van der Waals surface area (Å²) in [7, 11) is 3.20. The maximum atomic E-state index is 13.0. The van der Waals surface area contributed by atoms with Crippen LogP contribution in [0.3, 0.4) is 0 Å². The summed E-state index contributed by atoms with van der Waals surface area (Å²) in [6.07, 6.45) is 4.44. The topological polar surface area (TPSA) is 77.3 Å². The molecule has 0 spiro atoms. The molecule has 0 saturated carbocycles. The second kappa shape index (κ2) is 8.49. The number of benzene rings is 1. The van der Waals surface area contributed by atoms with Crippen molar-refractivity contribution >= 4 is 5.91 Å². The van der Waals surface area contributed by atoms with Gasteiger partial charge in [-0.3, -0.25) is 14.6 Å². The predicted molar refractivity (Wildman–Crippen MR) is 113 cm³/mol. The van der Waals surface area contributed by atoms with E-state index >= 15 is 0 Å². The molecule has 1 aliphatic rings. The van der Waals surface area contributed by atoms with Crippen LogP contribution in [0.4, 0.5) is 0 Å². The Labute approximate surface area is 174 Å². The number of rotatable bonds is 5. The van der Waals surface area contributed by atoms with Gasteiger partial charge in [-0.15, -0.1) is 0 Å². The van der Waals surface area contributed by atoms with Crippen LogP contribution in [0, 0.1) is 0 Å². The number of hydrogen-bond donors (Lipinski definition) is 0. The number of nitrogens with zero attached hydrogens (tertiary/aromatic N) is 4. The van der Waals surface area contributed by atoms with E-state index in [0.29, 0.717) is 6.54 Å². The molecule has 154 valence electrons. The molecule has 7 heteroatoms. The van der Waals surface area contributed by atoms with Gasteiger partial charge in [0.25, 0.3) is 11.5 Å². The zero-order valence-corrected chi connectivity index (χ0v) is 17.1. The summed E-state index contributed by atoms with van der Waals surface area (Å²) in [5.41, 5.74) is 3.21. The Morgan fingerprint density at radius 2 is 1.87 bits per heavy atom. The highest BCUT2D eigenvalue weighted by atomic mass is 16.5. The van der Waals surface area contributed by atoms with E-state index < -0.39 is 0 Å². The van der Waals surface area contributed by atoms with Gasteiger partial charge >= 0.3 is 0 Å². The molecule has 0 aliphatic carbocycles. The van der Waals surface area contributed by atoms with Crippen LogP contribution in [0.5, 0.6) is 5.75 Å². The third kappa shape index (κ3) is 4.10. The van der Waals surface area contributed by atoms with Crippen LogP contribution in [0.25, 0.3) is 0 Å². The van der Waals surface area contributed by atoms with Crippen LogP contribution in [0.15, 0.2) is 59.5 Å². The summed E-state index contributed by atoms with van der Waals surface area (Å²) in [5, 5.41) is 4.10. The highest BCUT2D eigenvalue weighted by Gasteiger charge is 2.32. The van der Waals surface area contributed by atoms with E-state index in [9.17, 15) is 9.59 Å².